The SMILES string of the molecule is C[C@H]1C[C@@H](C(=O)N2CCOCC2C2CC2)CCN1. The molecule has 0 aromatic rings. The third-order valence-electron chi connectivity index (χ3n) is 4.59. The molecule has 4 heteroatoms. The summed E-state index contributed by atoms with van der Waals surface area (Å²) in [7, 11) is 0. The van der Waals surface area contributed by atoms with Gasteiger partial charge in [0.05, 0.1) is 19.3 Å². The first kappa shape index (κ1) is 12.4. The maximum atomic E-state index is 12.7. The molecule has 0 spiro atoms. The fraction of sp³-hybridized carbons (Fsp3) is 0.929. The normalized spacial score (nSPS) is 37.6. The standard InChI is InChI=1S/C14H24N2O2/c1-10-8-12(4-5-15-10)14(17)16-6-7-18-9-13(16)11-2-3-11/h10-13,15H,2-9H2,1H3/t10-,12-,13?/m0/s1. The molecule has 1 aliphatic carbocycles. The van der Waals surface area contributed by atoms with Crippen molar-refractivity contribution in [2.45, 2.75) is 44.7 Å². The van der Waals surface area contributed by atoms with Gasteiger partial charge >= 0.3 is 0 Å². The van der Waals surface area contributed by atoms with Crippen molar-refractivity contribution >= 4 is 5.91 Å². The van der Waals surface area contributed by atoms with Crippen molar-refractivity contribution < 1.29 is 9.53 Å². The third kappa shape index (κ3) is 2.54. The van der Waals surface area contributed by atoms with Gasteiger partial charge in [0.2, 0.25) is 5.91 Å². The number of hydrogen-bond donors (Lipinski definition) is 1. The summed E-state index contributed by atoms with van der Waals surface area (Å²) < 4.78 is 5.57. The Hall–Kier alpha value is -0.610. The Labute approximate surface area is 109 Å². The lowest BCUT2D eigenvalue weighted by atomic mass is 9.91. The number of carbonyl (C=O) groups excluding carboxylic acids is 1. The number of hydrogen-bond acceptors (Lipinski definition) is 3. The molecule has 0 aromatic carbocycles. The van der Waals surface area contributed by atoms with Crippen LogP contribution in [0.3, 0.4) is 0 Å². The lowest BCUT2D eigenvalue weighted by molar-refractivity contribution is -0.146. The van der Waals surface area contributed by atoms with Gasteiger partial charge in [-0.1, -0.05) is 0 Å². The van der Waals surface area contributed by atoms with Crippen LogP contribution in [0.25, 0.3) is 0 Å². The van der Waals surface area contributed by atoms with Crippen molar-refractivity contribution in [3.63, 3.8) is 0 Å². The zero-order valence-corrected chi connectivity index (χ0v) is 11.2. The van der Waals surface area contributed by atoms with Crippen LogP contribution in [0.4, 0.5) is 0 Å². The Bertz CT molecular complexity index is 317. The van der Waals surface area contributed by atoms with Crippen LogP contribution in [0.5, 0.6) is 0 Å². The van der Waals surface area contributed by atoms with E-state index in [0.717, 1.165) is 39.1 Å². The molecule has 3 aliphatic rings. The van der Waals surface area contributed by atoms with Crippen molar-refractivity contribution in [2.24, 2.45) is 11.8 Å². The van der Waals surface area contributed by atoms with E-state index in [1.165, 1.54) is 12.8 Å². The minimum absolute atomic E-state index is 0.237. The number of nitrogens with one attached hydrogen (secondary N) is 1. The summed E-state index contributed by atoms with van der Waals surface area (Å²) in [6.45, 7) is 5.44. The molecule has 1 saturated carbocycles. The summed E-state index contributed by atoms with van der Waals surface area (Å²) in [5.74, 6) is 1.34. The molecule has 3 rings (SSSR count). The zero-order valence-electron chi connectivity index (χ0n) is 11.2. The Balaban J connectivity index is 1.65. The van der Waals surface area contributed by atoms with Crippen molar-refractivity contribution in [3.8, 4) is 0 Å². The topological polar surface area (TPSA) is 41.6 Å². The highest BCUT2D eigenvalue weighted by molar-refractivity contribution is 5.79. The van der Waals surface area contributed by atoms with Crippen molar-refractivity contribution in [1.82, 2.24) is 10.2 Å². The molecule has 2 heterocycles. The highest BCUT2D eigenvalue weighted by atomic mass is 16.5. The molecule has 0 bridgehead atoms. The predicted molar refractivity (Wildman–Crippen MR) is 69.2 cm³/mol. The molecule has 0 aromatic heterocycles. The Kier molecular flexibility index (Phi) is 3.57. The van der Waals surface area contributed by atoms with Crippen molar-refractivity contribution in [3.05, 3.63) is 0 Å². The van der Waals surface area contributed by atoms with E-state index in [2.05, 4.69) is 17.1 Å². The van der Waals surface area contributed by atoms with Crippen LogP contribution in [0.1, 0.15) is 32.6 Å². The van der Waals surface area contributed by atoms with E-state index in [1.807, 2.05) is 0 Å². The molecule has 3 fully saturated rings. The molecule has 102 valence electrons. The summed E-state index contributed by atoms with van der Waals surface area (Å²) >= 11 is 0. The van der Waals surface area contributed by atoms with Crippen molar-refractivity contribution in [2.75, 3.05) is 26.3 Å². The van der Waals surface area contributed by atoms with Crippen LogP contribution in [0.15, 0.2) is 0 Å². The highest BCUT2D eigenvalue weighted by Gasteiger charge is 2.41. The molecule has 1 amide bonds. The average molecular weight is 252 g/mol. The second-order valence-electron chi connectivity index (χ2n) is 6.09. The van der Waals surface area contributed by atoms with Crippen LogP contribution in [0.2, 0.25) is 0 Å². The van der Waals surface area contributed by atoms with Gasteiger partial charge < -0.3 is 15.0 Å². The van der Waals surface area contributed by atoms with Gasteiger partial charge in [-0.25, -0.2) is 0 Å². The van der Waals surface area contributed by atoms with E-state index in [1.54, 1.807) is 0 Å². The lowest BCUT2D eigenvalue weighted by Gasteiger charge is -2.39. The molecule has 1 N–H and O–H groups in total. The van der Waals surface area contributed by atoms with E-state index in [-0.39, 0.29) is 5.92 Å². The zero-order chi connectivity index (χ0) is 12.5. The summed E-state index contributed by atoms with van der Waals surface area (Å²) in [5, 5.41) is 3.42. The Morgan fingerprint density at radius 1 is 1.33 bits per heavy atom. The van der Waals surface area contributed by atoms with Gasteiger partial charge in [-0.05, 0) is 45.1 Å². The van der Waals surface area contributed by atoms with Gasteiger partial charge in [0.1, 0.15) is 0 Å². The molecular formula is C14H24N2O2. The average Bonchev–Trinajstić information content (AvgIpc) is 3.22. The molecule has 1 unspecified atom stereocenters. The van der Waals surface area contributed by atoms with Gasteiger partial charge in [0, 0.05) is 18.5 Å². The maximum absolute atomic E-state index is 12.7. The molecule has 2 saturated heterocycles. The fourth-order valence-electron chi connectivity index (χ4n) is 3.36. The second kappa shape index (κ2) is 5.17. The number of rotatable bonds is 2. The minimum atomic E-state index is 0.237. The van der Waals surface area contributed by atoms with Crippen LogP contribution in [-0.4, -0.2) is 49.2 Å². The monoisotopic (exact) mass is 252 g/mol. The number of amides is 1. The largest absolute Gasteiger partial charge is 0.377 e. The van der Waals surface area contributed by atoms with Crippen molar-refractivity contribution in [1.29, 1.82) is 0 Å². The van der Waals surface area contributed by atoms with Gasteiger partial charge in [0.25, 0.3) is 0 Å². The summed E-state index contributed by atoms with van der Waals surface area (Å²) in [5.41, 5.74) is 0. The maximum Gasteiger partial charge on any atom is 0.226 e. The van der Waals surface area contributed by atoms with Crippen LogP contribution >= 0.6 is 0 Å². The van der Waals surface area contributed by atoms with E-state index in [0.29, 0.717) is 23.9 Å². The Morgan fingerprint density at radius 3 is 2.89 bits per heavy atom. The Morgan fingerprint density at radius 2 is 2.17 bits per heavy atom. The van der Waals surface area contributed by atoms with Crippen LogP contribution in [-0.2, 0) is 9.53 Å². The van der Waals surface area contributed by atoms with E-state index in [9.17, 15) is 4.79 Å². The second-order valence-corrected chi connectivity index (χ2v) is 6.09. The molecule has 18 heavy (non-hydrogen) atoms. The number of piperidine rings is 1. The van der Waals surface area contributed by atoms with Crippen LogP contribution in [0, 0.1) is 11.8 Å². The number of ether oxygens (including phenoxy) is 1. The molecule has 4 nitrogen and oxygen atoms in total. The first-order valence-electron chi connectivity index (χ1n) is 7.37. The summed E-state index contributed by atoms with van der Waals surface area (Å²) in [6.07, 6.45) is 4.55. The molecule has 0 radical (unpaired) electrons. The molecular weight excluding hydrogens is 228 g/mol. The first-order valence-corrected chi connectivity index (χ1v) is 7.37. The summed E-state index contributed by atoms with van der Waals surface area (Å²) in [4.78, 5) is 14.8. The van der Waals surface area contributed by atoms with Gasteiger partial charge in [0.15, 0.2) is 0 Å². The van der Waals surface area contributed by atoms with Gasteiger partial charge in [-0.2, -0.15) is 0 Å². The number of morpholine rings is 1. The van der Waals surface area contributed by atoms with E-state index >= 15 is 0 Å². The van der Waals surface area contributed by atoms with E-state index < -0.39 is 0 Å². The summed E-state index contributed by atoms with van der Waals surface area (Å²) in [6, 6.07) is 0.851. The lowest BCUT2D eigenvalue weighted by Crippen LogP contribution is -2.53. The fourth-order valence-corrected chi connectivity index (χ4v) is 3.36. The smallest absolute Gasteiger partial charge is 0.226 e. The van der Waals surface area contributed by atoms with Gasteiger partial charge in [-0.3, -0.25) is 4.79 Å². The van der Waals surface area contributed by atoms with Crippen LogP contribution < -0.4 is 5.32 Å². The predicted octanol–water partition coefficient (Wildman–Crippen LogP) is 1.01. The minimum Gasteiger partial charge on any atom is -0.377 e. The highest BCUT2D eigenvalue weighted by Crippen LogP contribution is 2.37. The first-order chi connectivity index (χ1) is 8.75. The molecule has 2 aliphatic heterocycles. The number of nitrogens with zero attached hydrogens (tertiary/aromatic N) is 1. The third-order valence-corrected chi connectivity index (χ3v) is 4.59. The quantitative estimate of drug-likeness (QED) is 0.797. The van der Waals surface area contributed by atoms with Gasteiger partial charge in [-0.15, -0.1) is 0 Å². The van der Waals surface area contributed by atoms with E-state index in [4.69, 9.17) is 4.74 Å². The number of carbonyl (C=O) groups is 1. The molecule has 3 atom stereocenters.